The van der Waals surface area contributed by atoms with Gasteiger partial charge in [0.25, 0.3) is 0 Å². The fourth-order valence-electron chi connectivity index (χ4n) is 8.62. The average Bonchev–Trinajstić information content (AvgIpc) is 4.14. The molecule has 0 bridgehead atoms. The van der Waals surface area contributed by atoms with Crippen LogP contribution in [0.1, 0.15) is 69.5 Å². The molecule has 4 heterocycles. The molecule has 0 nitrogen and oxygen atoms in total. The van der Waals surface area contributed by atoms with Crippen molar-refractivity contribution in [3.8, 4) is 0 Å². The Balaban J connectivity index is 0.000000150. The van der Waals surface area contributed by atoms with Gasteiger partial charge in [-0.25, -0.2) is 0 Å². The molecule has 12 rings (SSSR count). The molecule has 0 fully saturated rings. The van der Waals surface area contributed by atoms with Gasteiger partial charge in [0.15, 0.2) is 0 Å². The highest BCUT2D eigenvalue weighted by molar-refractivity contribution is 7.37. The maximum atomic E-state index is 2.33. The number of benzene rings is 8. The number of rotatable bonds is 10. The SMILES string of the molecule is C(=C\c1ccc2c(c1)sc1c3ccc(/C=C/c4ccccc4)cc3sc21)/c1ccccc1.CCc1ccc(/C=C/c2ccc3c(c2)sc2c4ccc(/C=C/c5ccc(CC)cc5)cc4sc32)cc1. The summed E-state index contributed by atoms with van der Waals surface area (Å²) < 4.78 is 11.1. The number of fused-ring (bicyclic) bond motifs is 10. The summed E-state index contributed by atoms with van der Waals surface area (Å²) in [6.45, 7) is 4.39. The monoisotopic (exact) mass is 944 g/mol. The van der Waals surface area contributed by atoms with Crippen LogP contribution in [0.2, 0.25) is 0 Å². The fourth-order valence-corrected chi connectivity index (χ4v) is 14.1. The van der Waals surface area contributed by atoms with Crippen LogP contribution in [-0.2, 0) is 12.8 Å². The number of hydrogen-bond acceptors (Lipinski definition) is 4. The Morgan fingerprint density at radius 3 is 0.765 bits per heavy atom. The first-order valence-electron chi connectivity index (χ1n) is 23.3. The summed E-state index contributed by atoms with van der Waals surface area (Å²) in [7, 11) is 0. The van der Waals surface area contributed by atoms with Crippen molar-refractivity contribution in [3.05, 3.63) is 238 Å². The zero-order valence-corrected chi connectivity index (χ0v) is 41.3. The Kier molecular flexibility index (Phi) is 12.7. The number of thiophene rings is 4. The van der Waals surface area contributed by atoms with Crippen molar-refractivity contribution >= 4 is 153 Å². The van der Waals surface area contributed by atoms with Crippen LogP contribution in [0.4, 0.5) is 0 Å². The summed E-state index contributed by atoms with van der Waals surface area (Å²) in [5.41, 5.74) is 12.7. The smallest absolute Gasteiger partial charge is 0.0542 e. The molecule has 0 saturated carbocycles. The molecule has 8 aromatic carbocycles. The molecule has 328 valence electrons. The van der Waals surface area contributed by atoms with E-state index in [9.17, 15) is 0 Å². The molecule has 4 aromatic heterocycles. The number of aryl methyl sites for hydroxylation is 2. The Morgan fingerprint density at radius 1 is 0.265 bits per heavy atom. The van der Waals surface area contributed by atoms with E-state index >= 15 is 0 Å². The van der Waals surface area contributed by atoms with Gasteiger partial charge in [-0.05, 0) is 92.7 Å². The predicted octanol–water partition coefficient (Wildman–Crippen LogP) is 20.3. The van der Waals surface area contributed by atoms with Crippen LogP contribution in [0.5, 0.6) is 0 Å². The molecule has 0 N–H and O–H groups in total. The van der Waals surface area contributed by atoms with E-state index in [1.165, 1.54) is 115 Å². The van der Waals surface area contributed by atoms with Crippen molar-refractivity contribution in [2.45, 2.75) is 26.7 Å². The minimum absolute atomic E-state index is 1.08. The molecule has 0 atom stereocenters. The first-order chi connectivity index (χ1) is 33.5. The summed E-state index contributed by atoms with van der Waals surface area (Å²) in [6.07, 6.45) is 19.8. The summed E-state index contributed by atoms with van der Waals surface area (Å²) in [5.74, 6) is 0. The van der Waals surface area contributed by atoms with Gasteiger partial charge in [-0.3, -0.25) is 0 Å². The maximum absolute atomic E-state index is 2.33. The molecule has 0 saturated heterocycles. The Hall–Kier alpha value is -6.92. The number of hydrogen-bond donors (Lipinski definition) is 0. The van der Waals surface area contributed by atoms with Crippen LogP contribution in [0.25, 0.3) is 108 Å². The van der Waals surface area contributed by atoms with Crippen LogP contribution in [0.3, 0.4) is 0 Å². The van der Waals surface area contributed by atoms with Crippen molar-refractivity contribution in [3.63, 3.8) is 0 Å². The maximum Gasteiger partial charge on any atom is 0.0542 e. The molecule has 0 unspecified atom stereocenters. The summed E-state index contributed by atoms with van der Waals surface area (Å²) in [5, 5.41) is 5.47. The van der Waals surface area contributed by atoms with Crippen LogP contribution in [0, 0.1) is 0 Å². The molecule has 68 heavy (non-hydrogen) atoms. The quantitative estimate of drug-likeness (QED) is 0.120. The summed E-state index contributed by atoms with van der Waals surface area (Å²) >= 11 is 7.65. The van der Waals surface area contributed by atoms with E-state index in [1.54, 1.807) is 0 Å². The van der Waals surface area contributed by atoms with Crippen LogP contribution < -0.4 is 0 Å². The van der Waals surface area contributed by atoms with Crippen molar-refractivity contribution in [2.75, 3.05) is 0 Å². The van der Waals surface area contributed by atoms with Gasteiger partial charge in [0, 0.05) is 40.3 Å². The van der Waals surface area contributed by atoms with Gasteiger partial charge in [0.05, 0.1) is 18.8 Å². The van der Waals surface area contributed by atoms with E-state index in [1.807, 2.05) is 45.3 Å². The normalized spacial score (nSPS) is 12.1. The molecule has 0 radical (unpaired) electrons. The van der Waals surface area contributed by atoms with Crippen molar-refractivity contribution in [1.29, 1.82) is 0 Å². The summed E-state index contributed by atoms with van der Waals surface area (Å²) in [6, 6.07) is 66.0. The van der Waals surface area contributed by atoms with Gasteiger partial charge in [-0.2, -0.15) is 0 Å². The van der Waals surface area contributed by atoms with Crippen molar-refractivity contribution in [1.82, 2.24) is 0 Å². The fraction of sp³-hybridized carbons (Fsp3) is 0.0625. The topological polar surface area (TPSA) is 0 Å². The second kappa shape index (κ2) is 19.7. The van der Waals surface area contributed by atoms with E-state index in [0.29, 0.717) is 0 Å². The third-order valence-corrected chi connectivity index (χ3v) is 17.5. The molecular weight excluding hydrogens is 897 g/mol. The van der Waals surface area contributed by atoms with E-state index < -0.39 is 0 Å². The molecule has 0 amide bonds. The molecule has 0 aliphatic rings. The van der Waals surface area contributed by atoms with Crippen LogP contribution >= 0.6 is 45.3 Å². The third-order valence-electron chi connectivity index (χ3n) is 12.5. The molecule has 0 aliphatic heterocycles. The molecule has 0 aliphatic carbocycles. The lowest BCUT2D eigenvalue weighted by Crippen LogP contribution is -1.79. The van der Waals surface area contributed by atoms with Crippen molar-refractivity contribution < 1.29 is 0 Å². The van der Waals surface area contributed by atoms with Gasteiger partial charge in [0.2, 0.25) is 0 Å². The second-order valence-corrected chi connectivity index (χ2v) is 21.3. The Morgan fingerprint density at radius 2 is 0.500 bits per heavy atom. The van der Waals surface area contributed by atoms with Gasteiger partial charge >= 0.3 is 0 Å². The third kappa shape index (κ3) is 9.47. The highest BCUT2D eigenvalue weighted by atomic mass is 32.1. The van der Waals surface area contributed by atoms with E-state index in [0.717, 1.165) is 12.8 Å². The predicted molar refractivity (Wildman–Crippen MR) is 310 cm³/mol. The lowest BCUT2D eigenvalue weighted by atomic mass is 10.1. The largest absolute Gasteiger partial charge is 0.134 e. The van der Waals surface area contributed by atoms with Crippen LogP contribution in [-0.4, -0.2) is 0 Å². The Bertz CT molecular complexity index is 3580. The van der Waals surface area contributed by atoms with Gasteiger partial charge in [-0.1, -0.05) is 220 Å². The van der Waals surface area contributed by atoms with Gasteiger partial charge in [-0.15, -0.1) is 45.3 Å². The molecule has 12 aromatic rings. The summed E-state index contributed by atoms with van der Waals surface area (Å²) in [4.78, 5) is 0. The second-order valence-electron chi connectivity index (χ2n) is 17.1. The molecular formula is C64H48S4. The van der Waals surface area contributed by atoms with Crippen molar-refractivity contribution in [2.24, 2.45) is 0 Å². The zero-order chi connectivity index (χ0) is 45.8. The molecule has 0 spiro atoms. The minimum Gasteiger partial charge on any atom is -0.134 e. The highest BCUT2D eigenvalue weighted by Gasteiger charge is 2.14. The van der Waals surface area contributed by atoms with E-state index in [4.69, 9.17) is 0 Å². The van der Waals surface area contributed by atoms with Gasteiger partial charge in [0.1, 0.15) is 0 Å². The Labute approximate surface area is 414 Å². The highest BCUT2D eigenvalue weighted by Crippen LogP contribution is 2.46. The van der Waals surface area contributed by atoms with Crippen LogP contribution in [0.15, 0.2) is 182 Å². The van der Waals surface area contributed by atoms with Gasteiger partial charge < -0.3 is 0 Å². The first-order valence-corrected chi connectivity index (χ1v) is 26.6. The van der Waals surface area contributed by atoms with E-state index in [2.05, 4.69) is 244 Å². The minimum atomic E-state index is 1.08. The zero-order valence-electron chi connectivity index (χ0n) is 38.0. The lowest BCUT2D eigenvalue weighted by molar-refractivity contribution is 1.14. The lowest BCUT2D eigenvalue weighted by Gasteiger charge is -1.99. The van der Waals surface area contributed by atoms with E-state index in [-0.39, 0.29) is 0 Å². The average molecular weight is 945 g/mol. The molecule has 4 heteroatoms. The first kappa shape index (κ1) is 43.6. The standard InChI is InChI=1S/C34H28S2.C30H20S2/c1-3-23-5-9-25(10-6-23)13-15-27-17-19-29-31(21-27)35-34-30-20-18-28(22-32(30)36-33(29)34)16-14-26-11-7-24(4-2)8-12-26;1-3-7-21(8-4-1)11-13-23-15-17-25-27(19-23)31-30-26-18-16-24(20-28(26)32-29(25)30)14-12-22-9-5-2-6-10-22/h5-22H,3-4H2,1-2H3;1-20H/b15-13+,16-14+;13-11+,14-12+.